The summed E-state index contributed by atoms with van der Waals surface area (Å²) >= 11 is 1.82. The van der Waals surface area contributed by atoms with E-state index in [1.807, 2.05) is 24.6 Å². The minimum atomic E-state index is 0. The Labute approximate surface area is 184 Å². The third-order valence-electron chi connectivity index (χ3n) is 5.06. The van der Waals surface area contributed by atoms with Gasteiger partial charge < -0.3 is 10.2 Å². The van der Waals surface area contributed by atoms with Crippen LogP contribution in [-0.2, 0) is 19.3 Å². The van der Waals surface area contributed by atoms with E-state index < -0.39 is 0 Å². The molecule has 1 aromatic carbocycles. The number of nitrogens with zero attached hydrogens (tertiary/aromatic N) is 3. The molecule has 0 aliphatic carbocycles. The number of guanidine groups is 1. The van der Waals surface area contributed by atoms with Gasteiger partial charge in [-0.3, -0.25) is 4.99 Å². The average molecular weight is 498 g/mol. The molecule has 0 spiro atoms. The first-order valence-electron chi connectivity index (χ1n) is 9.71. The predicted molar refractivity (Wildman–Crippen MR) is 126 cm³/mol. The van der Waals surface area contributed by atoms with Crippen LogP contribution in [0.25, 0.3) is 0 Å². The number of aromatic nitrogens is 1. The van der Waals surface area contributed by atoms with E-state index in [4.69, 9.17) is 0 Å². The molecule has 0 unspecified atom stereocenters. The van der Waals surface area contributed by atoms with Crippen LogP contribution in [0.2, 0.25) is 0 Å². The fourth-order valence-corrected chi connectivity index (χ4v) is 4.40. The average Bonchev–Trinajstić information content (AvgIpc) is 3.15. The molecule has 2 heterocycles. The zero-order valence-electron chi connectivity index (χ0n) is 16.4. The number of aliphatic imine (C=N–C) groups is 1. The molecular weight excluding hydrogens is 467 g/mol. The monoisotopic (exact) mass is 498 g/mol. The lowest BCUT2D eigenvalue weighted by Crippen LogP contribution is -2.46. The smallest absolute Gasteiger partial charge is 0.193 e. The first-order chi connectivity index (χ1) is 12.8. The Morgan fingerprint density at radius 2 is 2.00 bits per heavy atom. The van der Waals surface area contributed by atoms with Gasteiger partial charge in [-0.15, -0.1) is 35.3 Å². The van der Waals surface area contributed by atoms with Gasteiger partial charge in [0, 0.05) is 44.2 Å². The van der Waals surface area contributed by atoms with Crippen LogP contribution >= 0.6 is 35.3 Å². The number of aryl methyl sites for hydroxylation is 1. The van der Waals surface area contributed by atoms with Gasteiger partial charge in [-0.1, -0.05) is 37.3 Å². The van der Waals surface area contributed by atoms with Gasteiger partial charge >= 0.3 is 0 Å². The van der Waals surface area contributed by atoms with Crippen molar-refractivity contribution in [2.45, 2.75) is 39.0 Å². The lowest BCUT2D eigenvalue weighted by molar-refractivity contribution is 0.259. The molecule has 4 nitrogen and oxygen atoms in total. The molecule has 1 N–H and O–H groups in total. The summed E-state index contributed by atoms with van der Waals surface area (Å²) in [6.45, 7) is 5.26. The van der Waals surface area contributed by atoms with Crippen LogP contribution in [-0.4, -0.2) is 42.5 Å². The summed E-state index contributed by atoms with van der Waals surface area (Å²) in [5.74, 6) is 1.82. The summed E-state index contributed by atoms with van der Waals surface area (Å²) in [5, 5.41) is 4.74. The summed E-state index contributed by atoms with van der Waals surface area (Å²) in [7, 11) is 1.89. The van der Waals surface area contributed by atoms with Crippen molar-refractivity contribution in [2.75, 3.05) is 26.7 Å². The molecule has 0 saturated carbocycles. The van der Waals surface area contributed by atoms with E-state index in [-0.39, 0.29) is 24.0 Å². The van der Waals surface area contributed by atoms with Crippen molar-refractivity contribution in [1.29, 1.82) is 0 Å². The van der Waals surface area contributed by atoms with Crippen LogP contribution < -0.4 is 5.32 Å². The van der Waals surface area contributed by atoms with Gasteiger partial charge in [0.25, 0.3) is 0 Å². The molecule has 0 amide bonds. The fourth-order valence-electron chi connectivity index (χ4n) is 3.54. The highest BCUT2D eigenvalue weighted by molar-refractivity contribution is 14.0. The Kier molecular flexibility index (Phi) is 9.54. The van der Waals surface area contributed by atoms with Crippen molar-refractivity contribution in [3.05, 3.63) is 52.0 Å². The molecule has 3 rings (SSSR count). The Morgan fingerprint density at radius 3 is 2.63 bits per heavy atom. The summed E-state index contributed by atoms with van der Waals surface area (Å²) in [6, 6.07) is 10.9. The zero-order chi connectivity index (χ0) is 18.2. The topological polar surface area (TPSA) is 40.5 Å². The van der Waals surface area contributed by atoms with Crippen molar-refractivity contribution in [1.82, 2.24) is 15.2 Å². The number of nitrogens with one attached hydrogen (secondary N) is 1. The number of thiazole rings is 1. The highest BCUT2D eigenvalue weighted by atomic mass is 127. The molecule has 1 saturated heterocycles. The number of halogens is 1. The van der Waals surface area contributed by atoms with E-state index in [0.29, 0.717) is 0 Å². The van der Waals surface area contributed by atoms with Crippen LogP contribution in [0, 0.1) is 5.92 Å². The molecule has 1 fully saturated rings. The molecule has 1 aliphatic rings. The van der Waals surface area contributed by atoms with Crippen LogP contribution in [0.5, 0.6) is 0 Å². The van der Waals surface area contributed by atoms with Crippen molar-refractivity contribution in [3.63, 3.8) is 0 Å². The van der Waals surface area contributed by atoms with Crippen LogP contribution in [0.3, 0.4) is 0 Å². The number of rotatable bonds is 6. The van der Waals surface area contributed by atoms with E-state index in [2.05, 4.69) is 57.4 Å². The second kappa shape index (κ2) is 11.6. The number of piperidine rings is 1. The Balaban J connectivity index is 0.00000261. The van der Waals surface area contributed by atoms with E-state index >= 15 is 0 Å². The largest absolute Gasteiger partial charge is 0.356 e. The molecule has 0 atom stereocenters. The number of hydrogen-bond donors (Lipinski definition) is 1. The summed E-state index contributed by atoms with van der Waals surface area (Å²) in [6.07, 6.45) is 7.72. The maximum atomic E-state index is 4.50. The highest BCUT2D eigenvalue weighted by Gasteiger charge is 2.21. The van der Waals surface area contributed by atoms with Gasteiger partial charge in [-0.25, -0.2) is 4.98 Å². The van der Waals surface area contributed by atoms with Gasteiger partial charge in [0.05, 0.1) is 5.01 Å². The van der Waals surface area contributed by atoms with E-state index in [1.165, 1.54) is 34.7 Å². The Hall–Kier alpha value is -1.15. The van der Waals surface area contributed by atoms with Gasteiger partial charge in [-0.2, -0.15) is 0 Å². The second-order valence-corrected chi connectivity index (χ2v) is 8.12. The Morgan fingerprint density at radius 1 is 1.26 bits per heavy atom. The summed E-state index contributed by atoms with van der Waals surface area (Å²) < 4.78 is 0. The second-order valence-electron chi connectivity index (χ2n) is 6.92. The maximum absolute atomic E-state index is 4.50. The zero-order valence-corrected chi connectivity index (χ0v) is 19.5. The van der Waals surface area contributed by atoms with Gasteiger partial charge in [0.15, 0.2) is 5.96 Å². The fraction of sp³-hybridized carbons (Fsp3) is 0.524. The van der Waals surface area contributed by atoms with Crippen molar-refractivity contribution < 1.29 is 0 Å². The molecule has 0 bridgehead atoms. The van der Waals surface area contributed by atoms with Gasteiger partial charge in [0.2, 0.25) is 0 Å². The third kappa shape index (κ3) is 6.75. The van der Waals surface area contributed by atoms with Crippen molar-refractivity contribution in [2.24, 2.45) is 10.9 Å². The first-order valence-corrected chi connectivity index (χ1v) is 10.5. The summed E-state index contributed by atoms with van der Waals surface area (Å²) in [4.78, 5) is 12.8. The quantitative estimate of drug-likeness (QED) is 0.365. The van der Waals surface area contributed by atoms with E-state index in [9.17, 15) is 0 Å². The van der Waals surface area contributed by atoms with Gasteiger partial charge in [-0.05, 0) is 37.2 Å². The Bertz CT molecular complexity index is 693. The van der Waals surface area contributed by atoms with Crippen LogP contribution in [0.1, 0.15) is 35.2 Å². The van der Waals surface area contributed by atoms with Crippen LogP contribution in [0.4, 0.5) is 0 Å². The molecule has 148 valence electrons. The SMILES string of the molecule is CCc1cnc(CCNC(=NC)N2CCC(Cc3ccccc3)CC2)s1.I. The number of benzene rings is 1. The molecule has 1 aromatic heterocycles. The van der Waals surface area contributed by atoms with Crippen molar-refractivity contribution >= 4 is 41.3 Å². The standard InChI is InChI=1S/C21H30N4S.HI/c1-3-19-16-24-20(26-19)9-12-23-21(22-2)25-13-10-18(11-14-25)15-17-7-5-4-6-8-17;/h4-8,16,18H,3,9-15H2,1-2H3,(H,22,23);1H. The lowest BCUT2D eigenvalue weighted by Gasteiger charge is -2.34. The summed E-state index contributed by atoms with van der Waals surface area (Å²) in [5.41, 5.74) is 1.46. The minimum Gasteiger partial charge on any atom is -0.356 e. The normalized spacial score (nSPS) is 15.5. The molecule has 0 radical (unpaired) electrons. The first kappa shape index (κ1) is 22.1. The third-order valence-corrected chi connectivity index (χ3v) is 6.27. The molecule has 6 heteroatoms. The maximum Gasteiger partial charge on any atom is 0.193 e. The predicted octanol–water partition coefficient (Wildman–Crippen LogP) is 4.40. The molecule has 27 heavy (non-hydrogen) atoms. The highest BCUT2D eigenvalue weighted by Crippen LogP contribution is 2.21. The van der Waals surface area contributed by atoms with Crippen molar-refractivity contribution in [3.8, 4) is 0 Å². The van der Waals surface area contributed by atoms with E-state index in [0.717, 1.165) is 44.4 Å². The van der Waals surface area contributed by atoms with E-state index in [1.54, 1.807) is 0 Å². The lowest BCUT2D eigenvalue weighted by atomic mass is 9.90. The van der Waals surface area contributed by atoms with Gasteiger partial charge in [0.1, 0.15) is 0 Å². The molecule has 2 aromatic rings. The molecular formula is C21H31IN4S. The molecule has 1 aliphatic heterocycles. The number of likely N-dealkylation sites (tertiary alicyclic amines) is 1. The van der Waals surface area contributed by atoms with Crippen LogP contribution in [0.15, 0.2) is 41.5 Å². The minimum absolute atomic E-state index is 0. The number of hydrogen-bond acceptors (Lipinski definition) is 3.